The number of anilines is 2. The summed E-state index contributed by atoms with van der Waals surface area (Å²) in [6, 6.07) is 3.30. The second-order valence-electron chi connectivity index (χ2n) is 3.59. The molecule has 2 aromatic rings. The summed E-state index contributed by atoms with van der Waals surface area (Å²) in [4.78, 5) is 11.8. The summed E-state index contributed by atoms with van der Waals surface area (Å²) in [5, 5.41) is 17.3. The smallest absolute Gasteiger partial charge is 0.276 e. The first-order valence-electron chi connectivity index (χ1n) is 5.58. The Labute approximate surface area is 104 Å². The standard InChI is InChI=1S/C11H14N6O/c1-3-17-7-8(6-13-17)14-11(18)9-4-5-10(12-2)16-15-9/h4-7H,3H2,1-2H3,(H,12,16)(H,14,18). The van der Waals surface area contributed by atoms with E-state index in [0.717, 1.165) is 6.54 Å². The van der Waals surface area contributed by atoms with Gasteiger partial charge in [-0.3, -0.25) is 9.48 Å². The number of nitrogens with zero attached hydrogens (tertiary/aromatic N) is 4. The lowest BCUT2D eigenvalue weighted by molar-refractivity contribution is 0.102. The van der Waals surface area contributed by atoms with Gasteiger partial charge in [-0.05, 0) is 19.1 Å². The largest absolute Gasteiger partial charge is 0.372 e. The highest BCUT2D eigenvalue weighted by atomic mass is 16.1. The zero-order valence-electron chi connectivity index (χ0n) is 10.2. The Kier molecular flexibility index (Phi) is 3.52. The Morgan fingerprint density at radius 2 is 2.22 bits per heavy atom. The van der Waals surface area contributed by atoms with E-state index >= 15 is 0 Å². The van der Waals surface area contributed by atoms with Crippen LogP contribution in [-0.2, 0) is 6.54 Å². The molecule has 1 amide bonds. The topological polar surface area (TPSA) is 84.7 Å². The molecule has 0 atom stereocenters. The molecular formula is C11H14N6O. The first kappa shape index (κ1) is 12.0. The van der Waals surface area contributed by atoms with E-state index in [1.807, 2.05) is 6.92 Å². The van der Waals surface area contributed by atoms with Gasteiger partial charge in [0, 0.05) is 19.8 Å². The third-order valence-corrected chi connectivity index (χ3v) is 2.37. The van der Waals surface area contributed by atoms with Crippen molar-refractivity contribution in [3.63, 3.8) is 0 Å². The summed E-state index contributed by atoms with van der Waals surface area (Å²) >= 11 is 0. The Hall–Kier alpha value is -2.44. The Bertz CT molecular complexity index is 533. The number of amides is 1. The van der Waals surface area contributed by atoms with Crippen molar-refractivity contribution in [2.75, 3.05) is 17.7 Å². The van der Waals surface area contributed by atoms with Crippen LogP contribution < -0.4 is 10.6 Å². The molecule has 0 radical (unpaired) electrons. The van der Waals surface area contributed by atoms with Gasteiger partial charge >= 0.3 is 0 Å². The second-order valence-corrected chi connectivity index (χ2v) is 3.59. The minimum Gasteiger partial charge on any atom is -0.372 e. The van der Waals surface area contributed by atoms with Crippen LogP contribution in [0.1, 0.15) is 17.4 Å². The lowest BCUT2D eigenvalue weighted by atomic mass is 10.3. The van der Waals surface area contributed by atoms with Gasteiger partial charge in [-0.25, -0.2) is 0 Å². The number of carbonyl (C=O) groups is 1. The van der Waals surface area contributed by atoms with Crippen molar-refractivity contribution in [1.82, 2.24) is 20.0 Å². The van der Waals surface area contributed by atoms with Crippen molar-refractivity contribution in [2.24, 2.45) is 0 Å². The maximum absolute atomic E-state index is 11.8. The summed E-state index contributed by atoms with van der Waals surface area (Å²) in [5.74, 6) is 0.311. The number of rotatable bonds is 4. The van der Waals surface area contributed by atoms with Crippen LogP contribution in [0, 0.1) is 0 Å². The quantitative estimate of drug-likeness (QED) is 0.840. The van der Waals surface area contributed by atoms with Gasteiger partial charge in [-0.1, -0.05) is 0 Å². The van der Waals surface area contributed by atoms with Crippen LogP contribution in [0.5, 0.6) is 0 Å². The first-order chi connectivity index (χ1) is 8.72. The summed E-state index contributed by atoms with van der Waals surface area (Å²) < 4.78 is 1.73. The van der Waals surface area contributed by atoms with Crippen LogP contribution in [-0.4, -0.2) is 32.9 Å². The van der Waals surface area contributed by atoms with Crippen LogP contribution in [0.4, 0.5) is 11.5 Å². The van der Waals surface area contributed by atoms with E-state index in [9.17, 15) is 4.79 Å². The Morgan fingerprint density at radius 1 is 1.39 bits per heavy atom. The zero-order valence-corrected chi connectivity index (χ0v) is 10.2. The van der Waals surface area contributed by atoms with Crippen LogP contribution >= 0.6 is 0 Å². The molecule has 0 aromatic carbocycles. The van der Waals surface area contributed by atoms with Crippen molar-refractivity contribution < 1.29 is 4.79 Å². The van der Waals surface area contributed by atoms with Gasteiger partial charge in [0.2, 0.25) is 0 Å². The van der Waals surface area contributed by atoms with Gasteiger partial charge in [0.1, 0.15) is 5.82 Å². The van der Waals surface area contributed by atoms with E-state index in [0.29, 0.717) is 11.5 Å². The van der Waals surface area contributed by atoms with Crippen molar-refractivity contribution >= 4 is 17.4 Å². The Balaban J connectivity index is 2.06. The predicted molar refractivity (Wildman–Crippen MR) is 67.4 cm³/mol. The molecule has 94 valence electrons. The van der Waals surface area contributed by atoms with Crippen LogP contribution in [0.25, 0.3) is 0 Å². The highest BCUT2D eigenvalue weighted by Crippen LogP contribution is 2.07. The second kappa shape index (κ2) is 5.26. The first-order valence-corrected chi connectivity index (χ1v) is 5.58. The molecule has 2 N–H and O–H groups in total. The zero-order chi connectivity index (χ0) is 13.0. The maximum Gasteiger partial charge on any atom is 0.276 e. The van der Waals surface area contributed by atoms with E-state index in [2.05, 4.69) is 25.9 Å². The number of hydrogen-bond donors (Lipinski definition) is 2. The molecular weight excluding hydrogens is 232 g/mol. The fourth-order valence-electron chi connectivity index (χ4n) is 1.38. The molecule has 7 nitrogen and oxygen atoms in total. The summed E-state index contributed by atoms with van der Waals surface area (Å²) in [6.45, 7) is 2.73. The van der Waals surface area contributed by atoms with Crippen molar-refractivity contribution in [3.05, 3.63) is 30.2 Å². The van der Waals surface area contributed by atoms with E-state index in [1.165, 1.54) is 0 Å². The normalized spacial score (nSPS) is 10.1. The highest BCUT2D eigenvalue weighted by Gasteiger charge is 2.09. The van der Waals surface area contributed by atoms with Crippen molar-refractivity contribution in [3.8, 4) is 0 Å². The molecule has 0 fully saturated rings. The molecule has 0 saturated heterocycles. The number of carbonyl (C=O) groups excluding carboxylic acids is 1. The van der Waals surface area contributed by atoms with E-state index in [4.69, 9.17) is 0 Å². The summed E-state index contributed by atoms with van der Waals surface area (Å²) in [6.07, 6.45) is 3.35. The fourth-order valence-corrected chi connectivity index (χ4v) is 1.38. The molecule has 0 aliphatic heterocycles. The maximum atomic E-state index is 11.8. The number of aryl methyl sites for hydroxylation is 1. The average molecular weight is 246 g/mol. The van der Waals surface area contributed by atoms with Gasteiger partial charge in [0.05, 0.1) is 11.9 Å². The van der Waals surface area contributed by atoms with Crippen molar-refractivity contribution in [2.45, 2.75) is 13.5 Å². The third kappa shape index (κ3) is 2.62. The molecule has 0 saturated carbocycles. The molecule has 2 heterocycles. The van der Waals surface area contributed by atoms with Gasteiger partial charge < -0.3 is 10.6 Å². The molecule has 7 heteroatoms. The summed E-state index contributed by atoms with van der Waals surface area (Å²) in [7, 11) is 1.74. The van der Waals surface area contributed by atoms with Gasteiger partial charge in [-0.2, -0.15) is 5.10 Å². The molecule has 0 spiro atoms. The SMILES string of the molecule is CCn1cc(NC(=O)c2ccc(NC)nn2)cn1. The fraction of sp³-hybridized carbons (Fsp3) is 0.273. The minimum absolute atomic E-state index is 0.262. The van der Waals surface area contributed by atoms with Gasteiger partial charge in [-0.15, -0.1) is 10.2 Å². The predicted octanol–water partition coefficient (Wildman–Crippen LogP) is 0.987. The monoisotopic (exact) mass is 246 g/mol. The van der Waals surface area contributed by atoms with Crippen LogP contribution in [0.3, 0.4) is 0 Å². The average Bonchev–Trinajstić information content (AvgIpc) is 2.86. The summed E-state index contributed by atoms with van der Waals surface area (Å²) in [5.41, 5.74) is 0.902. The third-order valence-electron chi connectivity index (χ3n) is 2.37. The molecule has 0 bridgehead atoms. The van der Waals surface area contributed by atoms with E-state index < -0.39 is 0 Å². The van der Waals surface area contributed by atoms with Gasteiger partial charge in [0.15, 0.2) is 5.69 Å². The molecule has 0 unspecified atom stereocenters. The lowest BCUT2D eigenvalue weighted by Crippen LogP contribution is -2.14. The number of aromatic nitrogens is 4. The number of hydrogen-bond acceptors (Lipinski definition) is 5. The van der Waals surface area contributed by atoms with Gasteiger partial charge in [0.25, 0.3) is 5.91 Å². The molecule has 18 heavy (non-hydrogen) atoms. The minimum atomic E-state index is -0.305. The van der Waals surface area contributed by atoms with Crippen molar-refractivity contribution in [1.29, 1.82) is 0 Å². The molecule has 0 aliphatic rings. The van der Waals surface area contributed by atoms with E-state index in [-0.39, 0.29) is 11.6 Å². The Morgan fingerprint density at radius 3 is 2.78 bits per heavy atom. The van der Waals surface area contributed by atoms with Crippen LogP contribution in [0.15, 0.2) is 24.5 Å². The lowest BCUT2D eigenvalue weighted by Gasteiger charge is -2.02. The molecule has 0 aliphatic carbocycles. The molecule has 2 aromatic heterocycles. The highest BCUT2D eigenvalue weighted by molar-refractivity contribution is 6.02. The van der Waals surface area contributed by atoms with Crippen LogP contribution in [0.2, 0.25) is 0 Å². The van der Waals surface area contributed by atoms with E-state index in [1.54, 1.807) is 36.3 Å². The number of nitrogens with one attached hydrogen (secondary N) is 2. The molecule has 2 rings (SSSR count).